The van der Waals surface area contributed by atoms with Crippen molar-refractivity contribution in [3.05, 3.63) is 27.4 Å². The molecular weight excluding hydrogens is 244 g/mol. The summed E-state index contributed by atoms with van der Waals surface area (Å²) in [6.07, 6.45) is 4.29. The Balaban J connectivity index is 2.03. The van der Waals surface area contributed by atoms with Crippen LogP contribution in [0, 0.1) is 0 Å². The highest BCUT2D eigenvalue weighted by Gasteiger charge is 2.38. The smallest absolute Gasteiger partial charge is 0.254 e. The van der Waals surface area contributed by atoms with Crippen LogP contribution in [0.25, 0.3) is 0 Å². The first kappa shape index (κ1) is 12.8. The van der Waals surface area contributed by atoms with Crippen LogP contribution in [0.1, 0.15) is 43.3 Å². The van der Waals surface area contributed by atoms with Crippen molar-refractivity contribution < 1.29 is 9.47 Å². The molecule has 1 aliphatic heterocycles. The summed E-state index contributed by atoms with van der Waals surface area (Å²) >= 11 is 0. The first-order chi connectivity index (χ1) is 9.25. The molecule has 5 nitrogen and oxygen atoms in total. The molecule has 2 aliphatic rings. The van der Waals surface area contributed by atoms with Gasteiger partial charge in [-0.25, -0.2) is 4.98 Å². The van der Waals surface area contributed by atoms with E-state index in [0.29, 0.717) is 25.6 Å². The lowest BCUT2D eigenvalue weighted by molar-refractivity contribution is -0.118. The lowest BCUT2D eigenvalue weighted by Crippen LogP contribution is -2.40. The number of nitrogens with one attached hydrogen (secondary N) is 1. The average molecular weight is 264 g/mol. The highest BCUT2D eigenvalue weighted by molar-refractivity contribution is 5.24. The van der Waals surface area contributed by atoms with Crippen LogP contribution >= 0.6 is 0 Å². The summed E-state index contributed by atoms with van der Waals surface area (Å²) in [5.74, 6) is 0.698. The Morgan fingerprint density at radius 1 is 1.37 bits per heavy atom. The van der Waals surface area contributed by atoms with Gasteiger partial charge in [0.15, 0.2) is 0 Å². The molecule has 1 N–H and O–H groups in total. The lowest BCUT2D eigenvalue weighted by Gasteiger charge is -2.35. The fourth-order valence-corrected chi connectivity index (χ4v) is 3.08. The molecule has 1 saturated heterocycles. The Morgan fingerprint density at radius 2 is 2.16 bits per heavy atom. The molecule has 3 rings (SSSR count). The van der Waals surface area contributed by atoms with Gasteiger partial charge < -0.3 is 14.5 Å². The van der Waals surface area contributed by atoms with Crippen molar-refractivity contribution in [1.29, 1.82) is 0 Å². The van der Waals surface area contributed by atoms with E-state index in [-0.39, 0.29) is 5.56 Å². The molecule has 0 bridgehead atoms. The summed E-state index contributed by atoms with van der Waals surface area (Å²) in [6.45, 7) is 3.89. The maximum Gasteiger partial charge on any atom is 0.254 e. The normalized spacial score (nSPS) is 21.3. The Hall–Kier alpha value is -1.20. The van der Waals surface area contributed by atoms with Crippen molar-refractivity contribution in [2.24, 2.45) is 0 Å². The Kier molecular flexibility index (Phi) is 3.41. The van der Waals surface area contributed by atoms with Gasteiger partial charge in [-0.3, -0.25) is 4.79 Å². The first-order valence-corrected chi connectivity index (χ1v) is 7.09. The van der Waals surface area contributed by atoms with Gasteiger partial charge in [0.1, 0.15) is 11.4 Å². The Morgan fingerprint density at radius 3 is 2.89 bits per heavy atom. The molecule has 0 atom stereocenters. The number of aromatic amines is 1. The van der Waals surface area contributed by atoms with Gasteiger partial charge >= 0.3 is 0 Å². The van der Waals surface area contributed by atoms with Gasteiger partial charge in [-0.05, 0) is 26.2 Å². The van der Waals surface area contributed by atoms with E-state index in [0.717, 1.165) is 43.4 Å². The number of ether oxygens (including phenoxy) is 2. The maximum atomic E-state index is 12.1. The number of hydrogen-bond acceptors (Lipinski definition) is 4. The van der Waals surface area contributed by atoms with Crippen molar-refractivity contribution in [2.75, 3.05) is 19.8 Å². The van der Waals surface area contributed by atoms with Gasteiger partial charge in [0.25, 0.3) is 5.56 Å². The lowest BCUT2D eigenvalue weighted by atomic mass is 9.92. The number of hydrogen-bond donors (Lipinski definition) is 1. The van der Waals surface area contributed by atoms with E-state index in [2.05, 4.69) is 4.98 Å². The largest absolute Gasteiger partial charge is 0.381 e. The van der Waals surface area contributed by atoms with E-state index in [9.17, 15) is 4.79 Å². The van der Waals surface area contributed by atoms with Gasteiger partial charge in [-0.1, -0.05) is 0 Å². The van der Waals surface area contributed by atoms with Crippen molar-refractivity contribution >= 4 is 0 Å². The SMILES string of the molecule is CCOC1(c2nc3c(c(=O)[nH]2)CCC3)CCOCC1. The highest BCUT2D eigenvalue weighted by atomic mass is 16.5. The van der Waals surface area contributed by atoms with Crippen LogP contribution in [0.2, 0.25) is 0 Å². The van der Waals surface area contributed by atoms with E-state index in [4.69, 9.17) is 14.5 Å². The molecule has 0 aromatic carbocycles. The second kappa shape index (κ2) is 5.06. The second-order valence-corrected chi connectivity index (χ2v) is 5.23. The molecule has 2 heterocycles. The van der Waals surface area contributed by atoms with Gasteiger partial charge in [-0.15, -0.1) is 0 Å². The fraction of sp³-hybridized carbons (Fsp3) is 0.714. The minimum atomic E-state index is -0.468. The van der Waals surface area contributed by atoms with Gasteiger partial charge in [-0.2, -0.15) is 0 Å². The van der Waals surface area contributed by atoms with Crippen molar-refractivity contribution in [2.45, 2.75) is 44.6 Å². The summed E-state index contributed by atoms with van der Waals surface area (Å²) in [5, 5.41) is 0. The highest BCUT2D eigenvalue weighted by Crippen LogP contribution is 2.34. The molecule has 0 unspecified atom stereocenters. The summed E-state index contributed by atoms with van der Waals surface area (Å²) in [7, 11) is 0. The zero-order valence-corrected chi connectivity index (χ0v) is 11.3. The molecule has 1 aromatic rings. The predicted molar refractivity (Wildman–Crippen MR) is 70.2 cm³/mol. The van der Waals surface area contributed by atoms with Crippen molar-refractivity contribution in [3.63, 3.8) is 0 Å². The third-order valence-electron chi connectivity index (χ3n) is 4.09. The number of rotatable bonds is 3. The molecule has 5 heteroatoms. The number of aromatic nitrogens is 2. The minimum Gasteiger partial charge on any atom is -0.381 e. The van der Waals surface area contributed by atoms with Crippen molar-refractivity contribution in [3.8, 4) is 0 Å². The van der Waals surface area contributed by atoms with Crippen LogP contribution in [0.15, 0.2) is 4.79 Å². The fourth-order valence-electron chi connectivity index (χ4n) is 3.08. The number of aryl methyl sites for hydroxylation is 1. The third-order valence-corrected chi connectivity index (χ3v) is 4.09. The monoisotopic (exact) mass is 264 g/mol. The minimum absolute atomic E-state index is 0.0167. The summed E-state index contributed by atoms with van der Waals surface area (Å²) in [4.78, 5) is 19.8. The quantitative estimate of drug-likeness (QED) is 0.893. The van der Waals surface area contributed by atoms with Gasteiger partial charge in [0, 0.05) is 38.2 Å². The summed E-state index contributed by atoms with van der Waals surface area (Å²) in [6, 6.07) is 0. The summed E-state index contributed by atoms with van der Waals surface area (Å²) in [5.41, 5.74) is 1.37. The van der Waals surface area contributed by atoms with Crippen LogP contribution in [-0.2, 0) is 27.9 Å². The van der Waals surface area contributed by atoms with Gasteiger partial charge in [0.05, 0.1) is 5.69 Å². The Bertz CT molecular complexity index is 512. The van der Waals surface area contributed by atoms with Crippen LogP contribution in [-0.4, -0.2) is 29.8 Å². The molecule has 0 spiro atoms. The molecule has 1 aliphatic carbocycles. The molecular formula is C14H20N2O3. The number of H-pyrrole nitrogens is 1. The first-order valence-electron chi connectivity index (χ1n) is 7.09. The van der Waals surface area contributed by atoms with Crippen LogP contribution in [0.5, 0.6) is 0 Å². The van der Waals surface area contributed by atoms with E-state index in [1.165, 1.54) is 0 Å². The standard InChI is InChI=1S/C14H20N2O3/c1-2-19-14(6-8-18-9-7-14)13-15-11-5-3-4-10(11)12(17)16-13/h2-9H2,1H3,(H,15,16,17). The molecule has 104 valence electrons. The predicted octanol–water partition coefficient (Wildman–Crippen LogP) is 1.30. The van der Waals surface area contributed by atoms with Gasteiger partial charge in [0.2, 0.25) is 0 Å². The molecule has 1 fully saturated rings. The average Bonchev–Trinajstić information content (AvgIpc) is 2.89. The molecule has 1 aromatic heterocycles. The molecule has 0 amide bonds. The van der Waals surface area contributed by atoms with E-state index in [1.54, 1.807) is 0 Å². The summed E-state index contributed by atoms with van der Waals surface area (Å²) < 4.78 is 11.4. The van der Waals surface area contributed by atoms with E-state index < -0.39 is 5.60 Å². The molecule has 19 heavy (non-hydrogen) atoms. The molecule has 0 radical (unpaired) electrons. The van der Waals surface area contributed by atoms with Crippen LogP contribution in [0.3, 0.4) is 0 Å². The molecule has 0 saturated carbocycles. The maximum absolute atomic E-state index is 12.1. The number of fused-ring (bicyclic) bond motifs is 1. The van der Waals surface area contributed by atoms with Crippen molar-refractivity contribution in [1.82, 2.24) is 9.97 Å². The topological polar surface area (TPSA) is 64.2 Å². The van der Waals surface area contributed by atoms with Crippen LogP contribution in [0.4, 0.5) is 0 Å². The third kappa shape index (κ3) is 2.21. The zero-order chi connectivity index (χ0) is 13.3. The van der Waals surface area contributed by atoms with Crippen LogP contribution < -0.4 is 5.56 Å². The zero-order valence-electron chi connectivity index (χ0n) is 11.3. The Labute approximate surface area is 112 Å². The van der Waals surface area contributed by atoms with E-state index >= 15 is 0 Å². The van der Waals surface area contributed by atoms with E-state index in [1.807, 2.05) is 6.92 Å². The second-order valence-electron chi connectivity index (χ2n) is 5.23. The number of nitrogens with zero attached hydrogens (tertiary/aromatic N) is 1.